The first kappa shape index (κ1) is 16.1. The van der Waals surface area contributed by atoms with Gasteiger partial charge in [0.2, 0.25) is 0 Å². The fraction of sp³-hybridized carbons (Fsp3) is 0.389. The number of anilines is 3. The van der Waals surface area contributed by atoms with Crippen LogP contribution in [-0.2, 0) is 5.54 Å². The van der Waals surface area contributed by atoms with Crippen LogP contribution in [0.2, 0.25) is 5.02 Å². The van der Waals surface area contributed by atoms with Crippen molar-refractivity contribution in [1.29, 1.82) is 0 Å². The zero-order valence-electron chi connectivity index (χ0n) is 14.0. The quantitative estimate of drug-likeness (QED) is 0.762. The van der Waals surface area contributed by atoms with Gasteiger partial charge in [-0.2, -0.15) is 0 Å². The van der Waals surface area contributed by atoms with Crippen molar-refractivity contribution in [1.82, 2.24) is 15.3 Å². The van der Waals surface area contributed by atoms with Crippen LogP contribution in [0.1, 0.15) is 53.6 Å². The molecule has 4 rings (SSSR count). The summed E-state index contributed by atoms with van der Waals surface area (Å²) in [6.07, 6.45) is 6.74. The molecule has 0 radical (unpaired) electrons. The first-order valence-electron chi connectivity index (χ1n) is 8.51. The Morgan fingerprint density at radius 3 is 2.76 bits per heavy atom. The summed E-state index contributed by atoms with van der Waals surface area (Å²) in [6.45, 7) is 1.86. The van der Waals surface area contributed by atoms with E-state index in [1.54, 1.807) is 6.07 Å². The molecule has 2 aliphatic rings. The molecular formula is C18H20ClN5O. The van der Waals surface area contributed by atoms with Gasteiger partial charge in [-0.15, -0.1) is 0 Å². The highest BCUT2D eigenvalue weighted by Gasteiger charge is 2.44. The molecule has 4 N–H and O–H groups in total. The van der Waals surface area contributed by atoms with E-state index >= 15 is 0 Å². The fourth-order valence-electron chi connectivity index (χ4n) is 3.91. The zero-order chi connectivity index (χ0) is 17.6. The number of amides is 1. The highest BCUT2D eigenvalue weighted by atomic mass is 35.5. The summed E-state index contributed by atoms with van der Waals surface area (Å²) in [5.41, 5.74) is 8.74. The molecule has 2 aromatic rings. The summed E-state index contributed by atoms with van der Waals surface area (Å²) in [7, 11) is 0. The molecule has 1 amide bonds. The Hall–Kier alpha value is -2.34. The number of aromatic nitrogens is 2. The molecule has 1 aliphatic heterocycles. The molecule has 25 heavy (non-hydrogen) atoms. The standard InChI is InChI=1S/C18H20ClN5O/c1-10-15(20)21-9-22-16(10)23-11-7-12-14(13(19)8-11)17(25)24-18(12)5-3-2-4-6-18/h7-9H,2-6H2,1H3,(H,24,25)(H3,20,21,22,23). The Balaban J connectivity index is 1.77. The van der Waals surface area contributed by atoms with Crippen LogP contribution in [0.25, 0.3) is 0 Å². The Morgan fingerprint density at radius 1 is 1.24 bits per heavy atom. The van der Waals surface area contributed by atoms with Gasteiger partial charge >= 0.3 is 0 Å². The molecule has 0 saturated heterocycles. The second-order valence-corrected chi connectivity index (χ2v) is 7.24. The first-order valence-corrected chi connectivity index (χ1v) is 8.89. The van der Waals surface area contributed by atoms with Crippen LogP contribution in [-0.4, -0.2) is 15.9 Å². The molecule has 0 bridgehead atoms. The summed E-state index contributed by atoms with van der Waals surface area (Å²) in [5, 5.41) is 6.91. The number of rotatable bonds is 2. The van der Waals surface area contributed by atoms with Crippen LogP contribution in [0.5, 0.6) is 0 Å². The normalized spacial score (nSPS) is 18.1. The summed E-state index contributed by atoms with van der Waals surface area (Å²) >= 11 is 6.45. The van der Waals surface area contributed by atoms with Gasteiger partial charge in [-0.3, -0.25) is 4.79 Å². The van der Waals surface area contributed by atoms with E-state index in [2.05, 4.69) is 20.6 Å². The number of halogens is 1. The number of nitrogens with zero attached hydrogens (tertiary/aromatic N) is 2. The van der Waals surface area contributed by atoms with Crippen LogP contribution in [0.4, 0.5) is 17.3 Å². The number of hydrogen-bond acceptors (Lipinski definition) is 5. The lowest BCUT2D eigenvalue weighted by molar-refractivity contribution is 0.0909. The van der Waals surface area contributed by atoms with Crippen LogP contribution in [0.3, 0.4) is 0 Å². The van der Waals surface area contributed by atoms with Crippen LogP contribution in [0, 0.1) is 6.92 Å². The highest BCUT2D eigenvalue weighted by Crippen LogP contribution is 2.45. The number of nitrogens with one attached hydrogen (secondary N) is 2. The molecule has 2 heterocycles. The third-order valence-electron chi connectivity index (χ3n) is 5.28. The second kappa shape index (κ2) is 5.88. The summed E-state index contributed by atoms with van der Waals surface area (Å²) in [4.78, 5) is 20.7. The van der Waals surface area contributed by atoms with Crippen LogP contribution < -0.4 is 16.4 Å². The summed E-state index contributed by atoms with van der Waals surface area (Å²) in [5.74, 6) is 1.000. The van der Waals surface area contributed by atoms with Gasteiger partial charge in [-0.25, -0.2) is 9.97 Å². The summed E-state index contributed by atoms with van der Waals surface area (Å²) in [6, 6.07) is 3.78. The van der Waals surface area contributed by atoms with E-state index in [0.29, 0.717) is 22.2 Å². The number of fused-ring (bicyclic) bond motifs is 2. The molecule has 130 valence electrons. The van der Waals surface area contributed by atoms with Gasteiger partial charge in [-0.1, -0.05) is 30.9 Å². The van der Waals surface area contributed by atoms with Crippen LogP contribution >= 0.6 is 11.6 Å². The molecule has 1 aromatic carbocycles. The minimum absolute atomic E-state index is 0.0732. The molecule has 1 fully saturated rings. The predicted molar refractivity (Wildman–Crippen MR) is 98.1 cm³/mol. The fourth-order valence-corrected chi connectivity index (χ4v) is 4.22. The van der Waals surface area contributed by atoms with E-state index in [4.69, 9.17) is 17.3 Å². The third-order valence-corrected chi connectivity index (χ3v) is 5.58. The van der Waals surface area contributed by atoms with Crippen molar-refractivity contribution in [3.8, 4) is 0 Å². The van der Waals surface area contributed by atoms with E-state index in [1.165, 1.54) is 12.7 Å². The maximum atomic E-state index is 12.5. The Bertz CT molecular complexity index is 861. The molecule has 1 spiro atoms. The highest BCUT2D eigenvalue weighted by molar-refractivity contribution is 6.34. The van der Waals surface area contributed by atoms with Crippen molar-refractivity contribution >= 4 is 34.8 Å². The number of nitrogens with two attached hydrogens (primary N) is 1. The average Bonchev–Trinajstić information content (AvgIpc) is 2.85. The molecule has 0 atom stereocenters. The van der Waals surface area contributed by atoms with Crippen molar-refractivity contribution in [2.75, 3.05) is 11.1 Å². The maximum Gasteiger partial charge on any atom is 0.253 e. The van der Waals surface area contributed by atoms with E-state index in [1.807, 2.05) is 13.0 Å². The monoisotopic (exact) mass is 357 g/mol. The Kier molecular flexibility index (Phi) is 3.80. The number of nitrogen functional groups attached to an aromatic ring is 1. The van der Waals surface area contributed by atoms with Gasteiger partial charge in [0.15, 0.2) is 0 Å². The molecular weight excluding hydrogens is 338 g/mol. The molecule has 1 saturated carbocycles. The van der Waals surface area contributed by atoms with E-state index in [9.17, 15) is 4.79 Å². The van der Waals surface area contributed by atoms with Gasteiger partial charge in [0.1, 0.15) is 18.0 Å². The zero-order valence-corrected chi connectivity index (χ0v) is 14.8. The van der Waals surface area contributed by atoms with Gasteiger partial charge in [0, 0.05) is 11.3 Å². The molecule has 1 aliphatic carbocycles. The van der Waals surface area contributed by atoms with Crippen molar-refractivity contribution in [3.05, 3.63) is 40.2 Å². The van der Waals surface area contributed by atoms with Crippen molar-refractivity contribution < 1.29 is 4.79 Å². The first-order chi connectivity index (χ1) is 12.0. The minimum Gasteiger partial charge on any atom is -0.383 e. The second-order valence-electron chi connectivity index (χ2n) is 6.84. The van der Waals surface area contributed by atoms with E-state index in [-0.39, 0.29) is 11.4 Å². The lowest BCUT2D eigenvalue weighted by Gasteiger charge is -2.34. The van der Waals surface area contributed by atoms with Gasteiger partial charge in [-0.05, 0) is 37.5 Å². The Morgan fingerprint density at radius 2 is 2.00 bits per heavy atom. The van der Waals surface area contributed by atoms with Gasteiger partial charge < -0.3 is 16.4 Å². The maximum absolute atomic E-state index is 12.5. The van der Waals surface area contributed by atoms with E-state index in [0.717, 1.165) is 42.5 Å². The van der Waals surface area contributed by atoms with Crippen molar-refractivity contribution in [2.24, 2.45) is 0 Å². The lowest BCUT2D eigenvalue weighted by atomic mass is 9.77. The van der Waals surface area contributed by atoms with Gasteiger partial charge in [0.05, 0.1) is 16.1 Å². The number of benzene rings is 1. The molecule has 1 aromatic heterocycles. The van der Waals surface area contributed by atoms with Gasteiger partial charge in [0.25, 0.3) is 5.91 Å². The minimum atomic E-state index is -0.286. The van der Waals surface area contributed by atoms with E-state index < -0.39 is 0 Å². The average molecular weight is 358 g/mol. The molecule has 6 nitrogen and oxygen atoms in total. The smallest absolute Gasteiger partial charge is 0.253 e. The van der Waals surface area contributed by atoms with Crippen molar-refractivity contribution in [3.63, 3.8) is 0 Å². The molecule has 7 heteroatoms. The predicted octanol–water partition coefficient (Wildman–Crippen LogP) is 3.67. The lowest BCUT2D eigenvalue weighted by Crippen LogP contribution is -2.40. The van der Waals surface area contributed by atoms with Crippen LogP contribution in [0.15, 0.2) is 18.5 Å². The SMILES string of the molecule is Cc1c(N)ncnc1Nc1cc(Cl)c2c(c1)C1(CCCCC1)NC2=O. The number of hydrogen-bond donors (Lipinski definition) is 3. The topological polar surface area (TPSA) is 92.9 Å². The largest absolute Gasteiger partial charge is 0.383 e. The van der Waals surface area contributed by atoms with Crippen molar-refractivity contribution in [2.45, 2.75) is 44.6 Å². The third kappa shape index (κ3) is 2.61. The Labute approximate surface area is 151 Å². The number of carbonyl (C=O) groups is 1. The number of carbonyl (C=O) groups excluding carboxylic acids is 1. The molecule has 0 unspecified atom stereocenters. The summed E-state index contributed by atoms with van der Waals surface area (Å²) < 4.78 is 0.